The topological polar surface area (TPSA) is 84.2 Å². The maximum Gasteiger partial charge on any atom is 0.305 e. The van der Waals surface area contributed by atoms with Gasteiger partial charge in [0.15, 0.2) is 0 Å². The van der Waals surface area contributed by atoms with E-state index < -0.39 is 11.5 Å². The Morgan fingerprint density at radius 2 is 2.04 bits per heavy atom. The number of benzene rings is 1. The molecule has 1 heterocycles. The third-order valence-corrected chi connectivity index (χ3v) is 4.37. The molecule has 0 radical (unpaired) electrons. The number of carboxylic acid groups (broad SMARTS) is 1. The lowest BCUT2D eigenvalue weighted by Gasteiger charge is -2.31. The minimum atomic E-state index is -0.936. The van der Waals surface area contributed by atoms with Gasteiger partial charge >= 0.3 is 5.97 Å². The first kappa shape index (κ1) is 18.0. The fourth-order valence-electron chi connectivity index (χ4n) is 2.52. The summed E-state index contributed by atoms with van der Waals surface area (Å²) in [6, 6.07) is 7.12. The molecule has 1 aromatic heterocycles. The monoisotopic (exact) mass is 349 g/mol. The number of aliphatic carboxylic acids is 1. The minimum absolute atomic E-state index is 0.117. The van der Waals surface area contributed by atoms with Crippen LogP contribution in [0.5, 0.6) is 0 Å². The van der Waals surface area contributed by atoms with Crippen molar-refractivity contribution in [3.63, 3.8) is 0 Å². The van der Waals surface area contributed by atoms with Gasteiger partial charge < -0.3 is 10.4 Å². The Balaban J connectivity index is 2.20. The van der Waals surface area contributed by atoms with E-state index in [0.717, 1.165) is 5.69 Å². The van der Waals surface area contributed by atoms with Gasteiger partial charge in [-0.3, -0.25) is 9.59 Å². The lowest BCUT2D eigenvalue weighted by molar-refractivity contribution is -0.138. The number of halogens is 1. The first-order valence-corrected chi connectivity index (χ1v) is 8.12. The van der Waals surface area contributed by atoms with Crippen molar-refractivity contribution in [2.24, 2.45) is 0 Å². The highest BCUT2D eigenvalue weighted by atomic mass is 35.5. The normalized spacial score (nSPS) is 11.3. The van der Waals surface area contributed by atoms with Crippen LogP contribution in [0.4, 0.5) is 0 Å². The molecule has 0 aliphatic carbocycles. The Morgan fingerprint density at radius 3 is 2.62 bits per heavy atom. The van der Waals surface area contributed by atoms with Crippen LogP contribution < -0.4 is 5.32 Å². The first-order chi connectivity index (χ1) is 11.4. The highest BCUT2D eigenvalue weighted by Gasteiger charge is 2.31. The quantitative estimate of drug-likeness (QED) is 0.803. The Morgan fingerprint density at radius 1 is 1.33 bits per heavy atom. The fraction of sp³-hybridized carbons (Fsp3) is 0.353. The summed E-state index contributed by atoms with van der Waals surface area (Å²) in [5.74, 6) is -1.28. The van der Waals surface area contributed by atoms with E-state index in [1.807, 2.05) is 19.9 Å². The van der Waals surface area contributed by atoms with Crippen molar-refractivity contribution in [2.75, 3.05) is 0 Å². The van der Waals surface area contributed by atoms with Gasteiger partial charge in [-0.05, 0) is 31.0 Å². The van der Waals surface area contributed by atoms with Crippen LogP contribution in [0.2, 0.25) is 5.02 Å². The number of rotatable bonds is 7. The van der Waals surface area contributed by atoms with Crippen molar-refractivity contribution in [2.45, 2.75) is 38.6 Å². The van der Waals surface area contributed by atoms with Gasteiger partial charge in [0.2, 0.25) is 0 Å². The molecule has 0 aliphatic heterocycles. The zero-order valence-electron chi connectivity index (χ0n) is 13.6. The van der Waals surface area contributed by atoms with Crippen LogP contribution >= 0.6 is 11.6 Å². The van der Waals surface area contributed by atoms with Crippen molar-refractivity contribution in [3.8, 4) is 5.69 Å². The van der Waals surface area contributed by atoms with Gasteiger partial charge in [-0.1, -0.05) is 31.5 Å². The lowest BCUT2D eigenvalue weighted by Crippen LogP contribution is -2.49. The maximum atomic E-state index is 12.5. The molecule has 6 nitrogen and oxygen atoms in total. The molecule has 0 aliphatic rings. The van der Waals surface area contributed by atoms with E-state index in [4.69, 9.17) is 16.7 Å². The Kier molecular flexibility index (Phi) is 5.62. The van der Waals surface area contributed by atoms with Gasteiger partial charge in [-0.15, -0.1) is 0 Å². The molecule has 2 aromatic rings. The van der Waals surface area contributed by atoms with Gasteiger partial charge in [0.25, 0.3) is 5.91 Å². The van der Waals surface area contributed by atoms with Crippen LogP contribution in [0.15, 0.2) is 36.7 Å². The maximum absolute atomic E-state index is 12.5. The first-order valence-electron chi connectivity index (χ1n) is 7.74. The Labute approximate surface area is 145 Å². The van der Waals surface area contributed by atoms with Crippen molar-refractivity contribution in [3.05, 3.63) is 47.2 Å². The van der Waals surface area contributed by atoms with Crippen LogP contribution in [0.3, 0.4) is 0 Å². The Hall–Kier alpha value is -2.34. The lowest BCUT2D eigenvalue weighted by atomic mass is 9.88. The number of nitrogens with one attached hydrogen (secondary N) is 1. The molecular formula is C17H20ClN3O3. The summed E-state index contributed by atoms with van der Waals surface area (Å²) < 4.78 is 1.55. The molecule has 0 saturated carbocycles. The summed E-state index contributed by atoms with van der Waals surface area (Å²) in [5, 5.41) is 16.7. The number of aromatic nitrogens is 2. The van der Waals surface area contributed by atoms with E-state index >= 15 is 0 Å². The second-order valence-corrected chi connectivity index (χ2v) is 6.10. The number of hydrogen-bond donors (Lipinski definition) is 2. The number of nitrogens with zero attached hydrogens (tertiary/aromatic N) is 2. The van der Waals surface area contributed by atoms with Gasteiger partial charge in [0.1, 0.15) is 0 Å². The summed E-state index contributed by atoms with van der Waals surface area (Å²) in [6.07, 6.45) is 3.99. The smallest absolute Gasteiger partial charge is 0.305 e. The molecule has 0 spiro atoms. The standard InChI is InChI=1S/C17H20ClN3O3/c1-3-17(4-2,9-15(22)23)20-16(24)12-10-19-21(11-12)14-7-5-6-13(18)8-14/h5-8,10-11H,3-4,9H2,1-2H3,(H,20,24)(H,22,23). The molecular weight excluding hydrogens is 330 g/mol. The van der Waals surface area contributed by atoms with Gasteiger partial charge in [0, 0.05) is 11.2 Å². The molecule has 0 saturated heterocycles. The van der Waals surface area contributed by atoms with E-state index in [9.17, 15) is 9.59 Å². The van der Waals surface area contributed by atoms with E-state index in [1.165, 1.54) is 6.20 Å². The van der Waals surface area contributed by atoms with Crippen LogP contribution in [0.25, 0.3) is 5.69 Å². The molecule has 0 bridgehead atoms. The van der Waals surface area contributed by atoms with E-state index in [2.05, 4.69) is 10.4 Å². The summed E-state index contributed by atoms with van der Waals surface area (Å²) in [7, 11) is 0. The highest BCUT2D eigenvalue weighted by Crippen LogP contribution is 2.21. The van der Waals surface area contributed by atoms with Crippen LogP contribution in [0, 0.1) is 0 Å². The van der Waals surface area contributed by atoms with Gasteiger partial charge in [-0.2, -0.15) is 5.10 Å². The van der Waals surface area contributed by atoms with Gasteiger partial charge in [0.05, 0.1) is 29.4 Å². The SMILES string of the molecule is CCC(CC)(CC(=O)O)NC(=O)c1cnn(-c2cccc(Cl)c2)c1. The third-order valence-electron chi connectivity index (χ3n) is 4.14. The fourth-order valence-corrected chi connectivity index (χ4v) is 2.71. The van der Waals surface area contributed by atoms with Gasteiger partial charge in [-0.25, -0.2) is 4.68 Å². The van der Waals surface area contributed by atoms with E-state index in [1.54, 1.807) is 29.1 Å². The molecule has 0 fully saturated rings. The predicted molar refractivity (Wildman–Crippen MR) is 91.6 cm³/mol. The summed E-state index contributed by atoms with van der Waals surface area (Å²) >= 11 is 5.96. The molecule has 0 unspecified atom stereocenters. The molecule has 7 heteroatoms. The van der Waals surface area contributed by atoms with E-state index in [-0.39, 0.29) is 12.3 Å². The highest BCUT2D eigenvalue weighted by molar-refractivity contribution is 6.30. The second kappa shape index (κ2) is 7.49. The number of amides is 1. The van der Waals surface area contributed by atoms with Crippen molar-refractivity contribution in [1.82, 2.24) is 15.1 Å². The molecule has 2 N–H and O–H groups in total. The summed E-state index contributed by atoms with van der Waals surface area (Å²) in [6.45, 7) is 3.73. The minimum Gasteiger partial charge on any atom is -0.481 e. The van der Waals surface area contributed by atoms with E-state index in [0.29, 0.717) is 23.4 Å². The van der Waals surface area contributed by atoms with Crippen molar-refractivity contribution >= 4 is 23.5 Å². The predicted octanol–water partition coefficient (Wildman–Crippen LogP) is 3.29. The third kappa shape index (κ3) is 4.14. The Bertz CT molecular complexity index is 738. The van der Waals surface area contributed by atoms with Crippen LogP contribution in [0.1, 0.15) is 43.5 Å². The molecule has 1 aromatic carbocycles. The number of hydrogen-bond acceptors (Lipinski definition) is 3. The molecule has 128 valence electrons. The summed E-state index contributed by atoms with van der Waals surface area (Å²) in [4.78, 5) is 23.6. The average Bonchev–Trinajstić information content (AvgIpc) is 3.04. The zero-order chi connectivity index (χ0) is 17.7. The molecule has 2 rings (SSSR count). The number of carbonyl (C=O) groups excluding carboxylic acids is 1. The average molecular weight is 350 g/mol. The number of carboxylic acids is 1. The molecule has 1 amide bonds. The van der Waals surface area contributed by atoms with Crippen molar-refractivity contribution < 1.29 is 14.7 Å². The van der Waals surface area contributed by atoms with Crippen LogP contribution in [-0.2, 0) is 4.79 Å². The molecule has 24 heavy (non-hydrogen) atoms. The largest absolute Gasteiger partial charge is 0.481 e. The van der Waals surface area contributed by atoms with Crippen LogP contribution in [-0.4, -0.2) is 32.3 Å². The van der Waals surface area contributed by atoms with Crippen molar-refractivity contribution in [1.29, 1.82) is 0 Å². The molecule has 0 atom stereocenters. The number of carbonyl (C=O) groups is 2. The zero-order valence-corrected chi connectivity index (χ0v) is 14.4. The second-order valence-electron chi connectivity index (χ2n) is 5.67. The summed E-state index contributed by atoms with van der Waals surface area (Å²) in [5.41, 5.74) is 0.345.